The Balaban J connectivity index is 0.000000337. The van der Waals surface area contributed by atoms with Crippen LogP contribution in [0.2, 0.25) is 0 Å². The van der Waals surface area contributed by atoms with E-state index in [1.807, 2.05) is 92.7 Å². The molecule has 0 unspecified atom stereocenters. The minimum atomic E-state index is -3.72. The van der Waals surface area contributed by atoms with E-state index in [9.17, 15) is 16.8 Å². The van der Waals surface area contributed by atoms with Crippen LogP contribution < -0.4 is 56.7 Å². The number of unbranched alkanes of at least 4 members (excludes halogenated alkanes) is 3. The summed E-state index contributed by atoms with van der Waals surface area (Å²) in [5.41, 5.74) is 7.97. The Bertz CT molecular complexity index is 3550. The quantitative estimate of drug-likeness (QED) is 0.0183. The Morgan fingerprint density at radius 3 is 1.16 bits per heavy atom. The second-order valence-corrected chi connectivity index (χ2v) is 28.9. The molecule has 0 radical (unpaired) electrons. The van der Waals surface area contributed by atoms with Crippen LogP contribution in [0.1, 0.15) is 111 Å². The van der Waals surface area contributed by atoms with Crippen molar-refractivity contribution < 1.29 is 73.5 Å². The molecule has 8 aromatic carbocycles. The van der Waals surface area contributed by atoms with Crippen molar-refractivity contribution in [2.45, 2.75) is 123 Å². The fourth-order valence-electron chi connectivity index (χ4n) is 9.27. The second-order valence-electron chi connectivity index (χ2n) is 21.3. The minimum Gasteiger partial charge on any atom is -0.517 e. The molecule has 0 amide bonds. The summed E-state index contributed by atoms with van der Waals surface area (Å²) in [7, 11) is -4.06. The Kier molecular flexibility index (Phi) is 31.7. The summed E-state index contributed by atoms with van der Waals surface area (Å²) < 4.78 is 79.3. The van der Waals surface area contributed by atoms with Gasteiger partial charge in [0.25, 0.3) is 0 Å². The normalized spacial score (nSPS) is 11.3. The van der Waals surface area contributed by atoms with Gasteiger partial charge in [-0.05, 0) is 183 Å². The topological polar surface area (TPSA) is 105 Å². The SMILES string of the molecule is COc1ccc(C(C)(C)c2ccc(Oc3c[c-]c(S(=O)(=O)c4[c-]cc(C)cc4)cc3)cc2)cc1.COc1ccc(C(C)(C)c2ccc(Oc3ccc(S(=O)(=O)c4ccc(C)cc4CCCCBr)c(CCCCBr)c3)cc2)cc1.ICCCCI.[Li+].[Li+]. The second kappa shape index (κ2) is 36.4. The van der Waals surface area contributed by atoms with E-state index in [-0.39, 0.29) is 58.3 Å². The smallest absolute Gasteiger partial charge is 0.517 e. The van der Waals surface area contributed by atoms with E-state index < -0.39 is 19.7 Å². The van der Waals surface area contributed by atoms with Gasteiger partial charge in [0.2, 0.25) is 9.84 Å². The van der Waals surface area contributed by atoms with Crippen LogP contribution in [0.3, 0.4) is 0 Å². The Morgan fingerprint density at radius 2 is 0.779 bits per heavy atom. The molecule has 8 nitrogen and oxygen atoms in total. The van der Waals surface area contributed by atoms with Gasteiger partial charge in [0.1, 0.15) is 28.7 Å². The average molecular weight is 1540 g/mol. The molecular formula is C70H76Br2I2Li2O8S2. The molecule has 0 spiro atoms. The number of aryl methyl sites for hydroxylation is 4. The predicted molar refractivity (Wildman–Crippen MR) is 368 cm³/mol. The van der Waals surface area contributed by atoms with Gasteiger partial charge in [-0.25, -0.2) is 16.8 Å². The van der Waals surface area contributed by atoms with E-state index in [0.29, 0.717) is 39.2 Å². The standard InChI is InChI=1S/C37H42Br2O4S.C29H26O4S.C4H8I2.2Li/c1-27-11-21-35(28(25-27)9-5-7-23-38)44(40,41)36-22-20-34(26-29(36)10-6-8-24-39)43-33-18-14-31(15-19-33)37(2,3)30-12-16-32(42-4)17-13-30;1-21-5-17-27(18-6-21)34(30,31)28-19-15-26(16-20-28)33-25-13-9-23(10-14-25)29(2,3)22-7-11-24(32-4)12-8-22;5-3-1-2-4-6;;/h11-22,25-26H,5-10,23-24H2,1-4H3;5-17,19H,1-4H3;1-4H2;;/q;-2;;2*+1. The molecule has 0 aliphatic heterocycles. The van der Waals surface area contributed by atoms with Gasteiger partial charge in [-0.2, -0.15) is 35.9 Å². The first kappa shape index (κ1) is 74.9. The van der Waals surface area contributed by atoms with Gasteiger partial charge in [-0.3, -0.25) is 0 Å². The zero-order chi connectivity index (χ0) is 60.9. The van der Waals surface area contributed by atoms with E-state index >= 15 is 0 Å². The number of sulfone groups is 2. The van der Waals surface area contributed by atoms with Crippen LogP contribution in [0, 0.1) is 26.0 Å². The van der Waals surface area contributed by atoms with Gasteiger partial charge >= 0.3 is 37.7 Å². The van der Waals surface area contributed by atoms with Gasteiger partial charge in [0.05, 0.1) is 24.0 Å². The molecular weight excluding hydrogens is 1460 g/mol. The van der Waals surface area contributed by atoms with Crippen molar-refractivity contribution in [3.63, 3.8) is 0 Å². The van der Waals surface area contributed by atoms with Gasteiger partial charge in [-0.15, -0.1) is 18.2 Å². The molecule has 0 bridgehead atoms. The van der Waals surface area contributed by atoms with E-state index in [1.54, 1.807) is 56.7 Å². The number of benzene rings is 8. The van der Waals surface area contributed by atoms with Crippen molar-refractivity contribution in [1.29, 1.82) is 0 Å². The zero-order valence-electron chi connectivity index (χ0n) is 51.2. The van der Waals surface area contributed by atoms with E-state index in [1.165, 1.54) is 45.0 Å². The summed E-state index contributed by atoms with van der Waals surface area (Å²) in [5.74, 6) is 4.16. The number of halogens is 4. The third-order valence-electron chi connectivity index (χ3n) is 14.5. The summed E-state index contributed by atoms with van der Waals surface area (Å²) >= 11 is 11.8. The van der Waals surface area contributed by atoms with E-state index in [4.69, 9.17) is 18.9 Å². The van der Waals surface area contributed by atoms with Crippen molar-refractivity contribution in [3.05, 3.63) is 226 Å². The number of methoxy groups -OCH3 is 2. The van der Waals surface area contributed by atoms with E-state index in [2.05, 4.69) is 153 Å². The van der Waals surface area contributed by atoms with Crippen LogP contribution in [0.4, 0.5) is 0 Å². The summed E-state index contributed by atoms with van der Waals surface area (Å²) in [5, 5.41) is 1.78. The van der Waals surface area contributed by atoms with Crippen molar-refractivity contribution in [3.8, 4) is 34.5 Å². The maximum Gasteiger partial charge on any atom is 1.00 e. The Labute approximate surface area is 581 Å². The van der Waals surface area contributed by atoms with Crippen LogP contribution >= 0.6 is 77.0 Å². The van der Waals surface area contributed by atoms with Crippen molar-refractivity contribution in [1.82, 2.24) is 0 Å². The molecule has 0 fully saturated rings. The molecule has 0 N–H and O–H groups in total. The maximum absolute atomic E-state index is 14.1. The van der Waals surface area contributed by atoms with Crippen molar-refractivity contribution >= 4 is 96.7 Å². The summed E-state index contributed by atoms with van der Waals surface area (Å²) in [6.45, 7) is 12.6. The number of hydrogen-bond acceptors (Lipinski definition) is 8. The minimum absolute atomic E-state index is 0. The number of alkyl halides is 4. The first-order chi connectivity index (χ1) is 40.2. The van der Waals surface area contributed by atoms with Crippen molar-refractivity contribution in [2.75, 3.05) is 33.7 Å². The number of rotatable bonds is 25. The molecule has 0 aliphatic carbocycles. The van der Waals surface area contributed by atoms with Gasteiger partial charge in [0.15, 0.2) is 9.84 Å². The molecule has 446 valence electrons. The van der Waals surface area contributed by atoms with Crippen LogP contribution in [-0.4, -0.2) is 50.6 Å². The van der Waals surface area contributed by atoms with Crippen LogP contribution in [0.15, 0.2) is 189 Å². The molecule has 0 atom stereocenters. The molecule has 16 heteroatoms. The third kappa shape index (κ3) is 21.0. The average Bonchev–Trinajstić information content (AvgIpc) is 1.70. The Morgan fingerprint density at radius 1 is 0.419 bits per heavy atom. The van der Waals surface area contributed by atoms with Crippen LogP contribution in [-0.2, 0) is 43.3 Å². The largest absolute Gasteiger partial charge is 1.00 e. The summed E-state index contributed by atoms with van der Waals surface area (Å²) in [6, 6.07) is 58.6. The van der Waals surface area contributed by atoms with Crippen molar-refractivity contribution in [2.24, 2.45) is 0 Å². The summed E-state index contributed by atoms with van der Waals surface area (Å²) in [4.78, 5) is 0.972. The molecule has 0 saturated heterocycles. The fraction of sp³-hybridized carbons (Fsp3) is 0.314. The molecule has 0 heterocycles. The first-order valence-electron chi connectivity index (χ1n) is 28.0. The van der Waals surface area contributed by atoms with E-state index in [0.717, 1.165) is 87.6 Å². The molecule has 86 heavy (non-hydrogen) atoms. The zero-order valence-corrected chi connectivity index (χ0v) is 60.4. The molecule has 8 aromatic rings. The van der Waals surface area contributed by atoms with Crippen LogP contribution in [0.25, 0.3) is 0 Å². The van der Waals surface area contributed by atoms with Gasteiger partial charge in [-0.1, -0.05) is 178 Å². The molecule has 0 saturated carbocycles. The van der Waals surface area contributed by atoms with Crippen LogP contribution in [0.5, 0.6) is 34.5 Å². The van der Waals surface area contributed by atoms with Gasteiger partial charge in [0, 0.05) is 27.2 Å². The number of hydrogen-bond donors (Lipinski definition) is 0. The first-order valence-corrected chi connectivity index (χ1v) is 36.3. The third-order valence-corrected chi connectivity index (χ3v) is 20.8. The Hall–Kier alpha value is -3.53. The molecule has 0 aromatic heterocycles. The summed E-state index contributed by atoms with van der Waals surface area (Å²) in [6.07, 6.45) is 7.92. The molecule has 8 rings (SSSR count). The predicted octanol–water partition coefficient (Wildman–Crippen LogP) is 13.6. The fourth-order valence-corrected chi connectivity index (χ4v) is 14.0. The number of ether oxygens (including phenoxy) is 4. The van der Waals surface area contributed by atoms with Gasteiger partial charge < -0.3 is 18.9 Å². The molecule has 0 aliphatic rings. The monoisotopic (exact) mass is 1530 g/mol. The maximum atomic E-state index is 14.1.